The largest absolute Gasteiger partial charge is 0.397 e. The van der Waals surface area contributed by atoms with Crippen LogP contribution in [0.3, 0.4) is 0 Å². The van der Waals surface area contributed by atoms with Crippen LogP contribution in [0, 0.1) is 6.92 Å². The Kier molecular flexibility index (Phi) is 4.40. The summed E-state index contributed by atoms with van der Waals surface area (Å²) in [5.74, 6) is -0.0102. The molecule has 3 rings (SSSR count). The van der Waals surface area contributed by atoms with E-state index in [1.807, 2.05) is 32.0 Å². The Morgan fingerprint density at radius 3 is 2.54 bits per heavy atom. The Labute approximate surface area is 145 Å². The van der Waals surface area contributed by atoms with Crippen LogP contribution in [0.5, 0.6) is 0 Å². The number of aromatic amines is 1. The van der Waals surface area contributed by atoms with E-state index < -0.39 is 0 Å². The van der Waals surface area contributed by atoms with Crippen LogP contribution < -0.4 is 5.73 Å². The lowest BCUT2D eigenvalue weighted by Crippen LogP contribution is -2.05. The van der Waals surface area contributed by atoms with Crippen molar-refractivity contribution in [2.75, 3.05) is 5.73 Å². The van der Waals surface area contributed by atoms with Crippen LogP contribution in [0.2, 0.25) is 5.02 Å². The minimum absolute atomic E-state index is 0.0380. The lowest BCUT2D eigenvalue weighted by Gasteiger charge is -2.09. The molecule has 1 atom stereocenters. The van der Waals surface area contributed by atoms with Gasteiger partial charge in [-0.1, -0.05) is 18.5 Å². The average molecular weight is 340 g/mol. The smallest absolute Gasteiger partial charge is 0.209 e. The summed E-state index contributed by atoms with van der Waals surface area (Å²) in [4.78, 5) is 20.3. The maximum atomic E-state index is 12.7. The van der Waals surface area contributed by atoms with Gasteiger partial charge in [-0.25, -0.2) is 0 Å². The van der Waals surface area contributed by atoms with E-state index >= 15 is 0 Å². The highest BCUT2D eigenvalue weighted by atomic mass is 35.5. The summed E-state index contributed by atoms with van der Waals surface area (Å²) in [5, 5.41) is 0.610. The van der Waals surface area contributed by atoms with E-state index in [2.05, 4.69) is 9.97 Å². The summed E-state index contributed by atoms with van der Waals surface area (Å²) in [5.41, 5.74) is 10.3. The van der Waals surface area contributed by atoms with Gasteiger partial charge in [-0.3, -0.25) is 9.78 Å². The third kappa shape index (κ3) is 3.19. The number of rotatable bonds is 4. The van der Waals surface area contributed by atoms with Crippen LogP contribution in [0.25, 0.3) is 0 Å². The van der Waals surface area contributed by atoms with E-state index in [0.29, 0.717) is 22.0 Å². The fourth-order valence-corrected chi connectivity index (χ4v) is 2.76. The second-order valence-electron chi connectivity index (χ2n) is 5.86. The average Bonchev–Trinajstić information content (AvgIpc) is 2.97. The summed E-state index contributed by atoms with van der Waals surface area (Å²) in [6.45, 7) is 3.96. The number of H-pyrrole nitrogens is 1. The van der Waals surface area contributed by atoms with Gasteiger partial charge in [0.15, 0.2) is 0 Å². The van der Waals surface area contributed by atoms with Crippen molar-refractivity contribution in [2.24, 2.45) is 0 Å². The molecule has 0 saturated heterocycles. The molecule has 1 aromatic carbocycles. The standard InChI is InChI=1S/C19H18ClN3O/c1-11-9-17(12(2)16-8-7-15(21)10-22-16)23-18(11)19(24)13-3-5-14(20)6-4-13/h3-10,12,23H,21H2,1-2H3. The number of carbonyl (C=O) groups excluding carboxylic acids is 1. The van der Waals surface area contributed by atoms with Gasteiger partial charge in [0.1, 0.15) is 0 Å². The topological polar surface area (TPSA) is 71.8 Å². The minimum Gasteiger partial charge on any atom is -0.397 e. The lowest BCUT2D eigenvalue weighted by atomic mass is 10.0. The highest BCUT2D eigenvalue weighted by molar-refractivity contribution is 6.30. The van der Waals surface area contributed by atoms with Crippen LogP contribution in [-0.2, 0) is 0 Å². The van der Waals surface area contributed by atoms with Crippen LogP contribution in [0.1, 0.15) is 45.8 Å². The number of carbonyl (C=O) groups is 1. The third-order valence-corrected chi connectivity index (χ3v) is 4.34. The summed E-state index contributed by atoms with van der Waals surface area (Å²) >= 11 is 5.88. The first-order valence-electron chi connectivity index (χ1n) is 7.67. The second kappa shape index (κ2) is 6.49. The van der Waals surface area contributed by atoms with E-state index in [1.165, 1.54) is 0 Å². The van der Waals surface area contributed by atoms with Gasteiger partial charge >= 0.3 is 0 Å². The van der Waals surface area contributed by atoms with Gasteiger partial charge in [-0.15, -0.1) is 0 Å². The van der Waals surface area contributed by atoms with Gasteiger partial charge in [-0.05, 0) is 55.0 Å². The van der Waals surface area contributed by atoms with Crippen molar-refractivity contribution in [3.05, 3.63) is 81.9 Å². The molecule has 1 unspecified atom stereocenters. The number of aromatic nitrogens is 2. The first-order valence-corrected chi connectivity index (χ1v) is 8.04. The highest BCUT2D eigenvalue weighted by Gasteiger charge is 2.18. The van der Waals surface area contributed by atoms with Crippen molar-refractivity contribution in [1.82, 2.24) is 9.97 Å². The van der Waals surface area contributed by atoms with Crippen LogP contribution in [-0.4, -0.2) is 15.8 Å². The van der Waals surface area contributed by atoms with Gasteiger partial charge in [0, 0.05) is 27.9 Å². The molecule has 0 amide bonds. The number of halogens is 1. The number of hydrogen-bond donors (Lipinski definition) is 2. The zero-order chi connectivity index (χ0) is 17.3. The SMILES string of the molecule is Cc1cc(C(C)c2ccc(N)cn2)[nH]c1C(=O)c1ccc(Cl)cc1. The molecule has 2 heterocycles. The summed E-state index contributed by atoms with van der Waals surface area (Å²) in [6.07, 6.45) is 1.64. The normalized spacial score (nSPS) is 12.1. The van der Waals surface area contributed by atoms with Crippen LogP contribution in [0.15, 0.2) is 48.7 Å². The molecule has 5 heteroatoms. The second-order valence-corrected chi connectivity index (χ2v) is 6.29. The number of nitrogens with zero attached hydrogens (tertiary/aromatic N) is 1. The molecule has 3 aromatic rings. The van der Waals surface area contributed by atoms with Crippen LogP contribution >= 0.6 is 11.6 Å². The number of nitrogens with one attached hydrogen (secondary N) is 1. The number of ketones is 1. The van der Waals surface area contributed by atoms with Gasteiger partial charge < -0.3 is 10.7 Å². The summed E-state index contributed by atoms with van der Waals surface area (Å²) in [6, 6.07) is 12.6. The number of anilines is 1. The number of pyridine rings is 1. The van der Waals surface area contributed by atoms with Gasteiger partial charge in [-0.2, -0.15) is 0 Å². The fraction of sp³-hybridized carbons (Fsp3) is 0.158. The maximum absolute atomic E-state index is 12.7. The van der Waals surface area contributed by atoms with Crippen LogP contribution in [0.4, 0.5) is 5.69 Å². The molecule has 2 aromatic heterocycles. The minimum atomic E-state index is -0.0483. The summed E-state index contributed by atoms with van der Waals surface area (Å²) < 4.78 is 0. The molecule has 122 valence electrons. The number of benzene rings is 1. The molecule has 0 bridgehead atoms. The number of nitrogen functional groups attached to an aromatic ring is 1. The lowest BCUT2D eigenvalue weighted by molar-refractivity contribution is 0.103. The molecule has 0 fully saturated rings. The highest BCUT2D eigenvalue weighted by Crippen LogP contribution is 2.25. The zero-order valence-corrected chi connectivity index (χ0v) is 14.3. The molecule has 0 aliphatic heterocycles. The zero-order valence-electron chi connectivity index (χ0n) is 13.5. The molecule has 4 nitrogen and oxygen atoms in total. The van der Waals surface area contributed by atoms with Crippen molar-refractivity contribution in [3.63, 3.8) is 0 Å². The Hall–Kier alpha value is -2.59. The van der Waals surface area contributed by atoms with E-state index in [1.54, 1.807) is 30.5 Å². The molecule has 0 spiro atoms. The predicted molar refractivity (Wildman–Crippen MR) is 96.6 cm³/mol. The van der Waals surface area contributed by atoms with Crippen molar-refractivity contribution < 1.29 is 4.79 Å². The Morgan fingerprint density at radius 1 is 1.21 bits per heavy atom. The molecule has 0 aliphatic carbocycles. The first-order chi connectivity index (χ1) is 11.5. The molecular formula is C19H18ClN3O. The van der Waals surface area contributed by atoms with Crippen molar-refractivity contribution >= 4 is 23.1 Å². The van der Waals surface area contributed by atoms with E-state index in [9.17, 15) is 4.79 Å². The predicted octanol–water partition coefficient (Wildman–Crippen LogP) is 4.34. The van der Waals surface area contributed by atoms with Crippen molar-refractivity contribution in [3.8, 4) is 0 Å². The first kappa shape index (κ1) is 16.3. The van der Waals surface area contributed by atoms with E-state index in [0.717, 1.165) is 17.0 Å². The third-order valence-electron chi connectivity index (χ3n) is 4.09. The molecule has 0 radical (unpaired) electrons. The Bertz CT molecular complexity index is 867. The molecular weight excluding hydrogens is 322 g/mol. The molecule has 0 aliphatic rings. The van der Waals surface area contributed by atoms with Gasteiger partial charge in [0.2, 0.25) is 5.78 Å². The number of nitrogens with two attached hydrogens (primary N) is 1. The summed E-state index contributed by atoms with van der Waals surface area (Å²) in [7, 11) is 0. The van der Waals surface area contributed by atoms with E-state index in [-0.39, 0.29) is 11.7 Å². The monoisotopic (exact) mass is 339 g/mol. The number of aryl methyl sites for hydroxylation is 1. The maximum Gasteiger partial charge on any atom is 0.209 e. The quantitative estimate of drug-likeness (QED) is 0.695. The van der Waals surface area contributed by atoms with Crippen molar-refractivity contribution in [1.29, 1.82) is 0 Å². The van der Waals surface area contributed by atoms with Gasteiger partial charge in [0.25, 0.3) is 0 Å². The Morgan fingerprint density at radius 2 is 1.92 bits per heavy atom. The molecule has 0 saturated carbocycles. The Balaban J connectivity index is 1.90. The van der Waals surface area contributed by atoms with Gasteiger partial charge in [0.05, 0.1) is 17.6 Å². The fourth-order valence-electron chi connectivity index (χ4n) is 2.63. The van der Waals surface area contributed by atoms with E-state index in [4.69, 9.17) is 17.3 Å². The molecule has 3 N–H and O–H groups in total. The number of hydrogen-bond acceptors (Lipinski definition) is 3. The molecule has 24 heavy (non-hydrogen) atoms. The van der Waals surface area contributed by atoms with Crippen molar-refractivity contribution in [2.45, 2.75) is 19.8 Å².